The third kappa shape index (κ3) is 2.68. The van der Waals surface area contributed by atoms with Crippen molar-refractivity contribution < 1.29 is 5.32 Å². The maximum absolute atomic E-state index is 12.6. The van der Waals surface area contributed by atoms with Crippen LogP contribution >= 0.6 is 0 Å². The SMILES string of the molecule is CCCn1c([C@@H](C)[NH2+]CC)nc2ccccc2c1=O. The van der Waals surface area contributed by atoms with Gasteiger partial charge < -0.3 is 5.32 Å². The van der Waals surface area contributed by atoms with Crippen LogP contribution in [0.2, 0.25) is 0 Å². The molecule has 0 spiro atoms. The minimum absolute atomic E-state index is 0.0822. The molecule has 1 heterocycles. The van der Waals surface area contributed by atoms with E-state index in [1.807, 2.05) is 28.8 Å². The summed E-state index contributed by atoms with van der Waals surface area (Å²) >= 11 is 0. The van der Waals surface area contributed by atoms with Crippen LogP contribution in [0.3, 0.4) is 0 Å². The Morgan fingerprint density at radius 3 is 2.74 bits per heavy atom. The number of fused-ring (bicyclic) bond motifs is 1. The van der Waals surface area contributed by atoms with Gasteiger partial charge in [-0.05, 0) is 32.4 Å². The van der Waals surface area contributed by atoms with Crippen molar-refractivity contribution in [2.45, 2.75) is 39.8 Å². The van der Waals surface area contributed by atoms with Gasteiger partial charge in [0.1, 0.15) is 6.04 Å². The van der Waals surface area contributed by atoms with Crippen LogP contribution in [0, 0.1) is 0 Å². The Morgan fingerprint density at radius 2 is 2.05 bits per heavy atom. The summed E-state index contributed by atoms with van der Waals surface area (Å²) in [5.74, 6) is 0.882. The van der Waals surface area contributed by atoms with E-state index in [9.17, 15) is 4.79 Å². The highest BCUT2D eigenvalue weighted by molar-refractivity contribution is 5.77. The third-order valence-electron chi connectivity index (χ3n) is 3.33. The van der Waals surface area contributed by atoms with Gasteiger partial charge in [-0.1, -0.05) is 19.1 Å². The van der Waals surface area contributed by atoms with E-state index in [4.69, 9.17) is 4.98 Å². The van der Waals surface area contributed by atoms with Crippen LogP contribution in [-0.2, 0) is 6.54 Å². The first-order chi connectivity index (χ1) is 9.19. The summed E-state index contributed by atoms with van der Waals surface area (Å²) in [6.07, 6.45) is 0.936. The summed E-state index contributed by atoms with van der Waals surface area (Å²) in [5.41, 5.74) is 0.880. The Bertz CT molecular complexity index is 618. The lowest BCUT2D eigenvalue weighted by Gasteiger charge is -2.16. The molecule has 1 aromatic heterocycles. The molecule has 2 aromatic rings. The summed E-state index contributed by atoms with van der Waals surface area (Å²) in [6.45, 7) is 8.01. The molecule has 19 heavy (non-hydrogen) atoms. The highest BCUT2D eigenvalue weighted by atomic mass is 16.1. The smallest absolute Gasteiger partial charge is 0.261 e. The van der Waals surface area contributed by atoms with Gasteiger partial charge in [0.25, 0.3) is 5.56 Å². The van der Waals surface area contributed by atoms with Crippen LogP contribution in [0.1, 0.15) is 39.1 Å². The summed E-state index contributed by atoms with van der Waals surface area (Å²) < 4.78 is 1.83. The van der Waals surface area contributed by atoms with Gasteiger partial charge in [-0.3, -0.25) is 9.36 Å². The van der Waals surface area contributed by atoms with Gasteiger partial charge in [0.05, 0.1) is 17.4 Å². The summed E-state index contributed by atoms with van der Waals surface area (Å²) in [5, 5.41) is 2.91. The van der Waals surface area contributed by atoms with Crippen molar-refractivity contribution in [2.24, 2.45) is 0 Å². The number of hydrogen-bond acceptors (Lipinski definition) is 2. The second-order valence-corrected chi connectivity index (χ2v) is 4.88. The molecular weight excluding hydrogens is 238 g/mol. The molecular formula is C15H22N3O+. The average Bonchev–Trinajstić information content (AvgIpc) is 2.42. The molecule has 0 aliphatic heterocycles. The van der Waals surface area contributed by atoms with Gasteiger partial charge in [-0.25, -0.2) is 4.98 Å². The molecule has 0 fully saturated rings. The van der Waals surface area contributed by atoms with E-state index in [0.29, 0.717) is 5.39 Å². The van der Waals surface area contributed by atoms with Crippen molar-refractivity contribution in [3.8, 4) is 0 Å². The van der Waals surface area contributed by atoms with Crippen LogP contribution in [0.25, 0.3) is 10.9 Å². The Hall–Kier alpha value is -1.68. The average molecular weight is 260 g/mol. The van der Waals surface area contributed by atoms with E-state index in [1.165, 1.54) is 0 Å². The van der Waals surface area contributed by atoms with Gasteiger partial charge in [-0.2, -0.15) is 0 Å². The Balaban J connectivity index is 2.66. The van der Waals surface area contributed by atoms with E-state index < -0.39 is 0 Å². The highest BCUT2D eigenvalue weighted by Gasteiger charge is 2.17. The predicted octanol–water partition coefficient (Wildman–Crippen LogP) is 1.45. The number of para-hydroxylation sites is 1. The largest absolute Gasteiger partial charge is 0.338 e. The maximum Gasteiger partial charge on any atom is 0.261 e. The lowest BCUT2D eigenvalue weighted by molar-refractivity contribution is -0.691. The number of hydrogen-bond donors (Lipinski definition) is 1. The van der Waals surface area contributed by atoms with Gasteiger partial charge >= 0.3 is 0 Å². The van der Waals surface area contributed by atoms with Crippen molar-refractivity contribution in [3.05, 3.63) is 40.4 Å². The van der Waals surface area contributed by atoms with Gasteiger partial charge in [-0.15, -0.1) is 0 Å². The molecule has 0 aliphatic rings. The molecule has 0 radical (unpaired) electrons. The second-order valence-electron chi connectivity index (χ2n) is 4.88. The van der Waals surface area contributed by atoms with Crippen LogP contribution < -0.4 is 10.9 Å². The standard InChI is InChI=1S/C15H21N3O/c1-4-10-18-14(11(3)16-5-2)17-13-9-7-6-8-12(13)15(18)19/h6-9,11,16H,4-5,10H2,1-3H3/p+1/t11-/m1/s1. The normalized spacial score (nSPS) is 12.8. The van der Waals surface area contributed by atoms with Gasteiger partial charge in [0, 0.05) is 6.54 Å². The van der Waals surface area contributed by atoms with Crippen molar-refractivity contribution in [2.75, 3.05) is 6.54 Å². The molecule has 0 bridgehead atoms. The lowest BCUT2D eigenvalue weighted by Crippen LogP contribution is -2.84. The molecule has 0 amide bonds. The number of nitrogens with two attached hydrogens (primary N) is 1. The third-order valence-corrected chi connectivity index (χ3v) is 3.33. The van der Waals surface area contributed by atoms with Crippen molar-refractivity contribution >= 4 is 10.9 Å². The first-order valence-electron chi connectivity index (χ1n) is 7.01. The Labute approximate surface area is 113 Å². The molecule has 0 saturated heterocycles. The monoisotopic (exact) mass is 260 g/mol. The van der Waals surface area contributed by atoms with Crippen molar-refractivity contribution in [1.82, 2.24) is 9.55 Å². The molecule has 1 atom stereocenters. The summed E-state index contributed by atoms with van der Waals surface area (Å²) in [7, 11) is 0. The van der Waals surface area contributed by atoms with Crippen molar-refractivity contribution in [1.29, 1.82) is 0 Å². The van der Waals surface area contributed by atoms with E-state index in [-0.39, 0.29) is 11.6 Å². The number of benzene rings is 1. The molecule has 0 aliphatic carbocycles. The van der Waals surface area contributed by atoms with Crippen molar-refractivity contribution in [3.63, 3.8) is 0 Å². The topological polar surface area (TPSA) is 51.5 Å². The first kappa shape index (κ1) is 13.7. The molecule has 102 valence electrons. The van der Waals surface area contributed by atoms with Crippen LogP contribution in [0.4, 0.5) is 0 Å². The van der Waals surface area contributed by atoms with Gasteiger partial charge in [0.2, 0.25) is 0 Å². The molecule has 4 nitrogen and oxygen atoms in total. The van der Waals surface area contributed by atoms with Gasteiger partial charge in [0.15, 0.2) is 5.82 Å². The highest BCUT2D eigenvalue weighted by Crippen LogP contribution is 2.11. The zero-order valence-electron chi connectivity index (χ0n) is 11.9. The zero-order valence-corrected chi connectivity index (χ0v) is 11.9. The molecule has 1 aromatic carbocycles. The van der Waals surface area contributed by atoms with Crippen LogP contribution in [0.5, 0.6) is 0 Å². The molecule has 0 saturated carbocycles. The van der Waals surface area contributed by atoms with E-state index in [1.54, 1.807) is 0 Å². The summed E-state index contributed by atoms with van der Waals surface area (Å²) in [6, 6.07) is 7.79. The van der Waals surface area contributed by atoms with Crippen LogP contribution in [0.15, 0.2) is 29.1 Å². The molecule has 2 N–H and O–H groups in total. The molecule has 0 unspecified atom stereocenters. The maximum atomic E-state index is 12.6. The lowest BCUT2D eigenvalue weighted by atomic mass is 10.2. The second kappa shape index (κ2) is 5.97. The van der Waals surface area contributed by atoms with E-state index in [0.717, 1.165) is 30.9 Å². The number of aromatic nitrogens is 2. The van der Waals surface area contributed by atoms with E-state index >= 15 is 0 Å². The van der Waals surface area contributed by atoms with E-state index in [2.05, 4.69) is 26.1 Å². The quantitative estimate of drug-likeness (QED) is 0.884. The molecule has 2 rings (SSSR count). The predicted molar refractivity (Wildman–Crippen MR) is 77.2 cm³/mol. The fourth-order valence-electron chi connectivity index (χ4n) is 2.43. The summed E-state index contributed by atoms with van der Waals surface area (Å²) in [4.78, 5) is 17.3. The molecule has 4 heteroatoms. The number of rotatable bonds is 5. The fourth-order valence-corrected chi connectivity index (χ4v) is 2.43. The fraction of sp³-hybridized carbons (Fsp3) is 0.467. The minimum atomic E-state index is 0.0822. The Kier molecular flexibility index (Phi) is 4.32. The number of nitrogens with zero attached hydrogens (tertiary/aromatic N) is 2. The minimum Gasteiger partial charge on any atom is -0.338 e. The number of quaternary nitrogens is 1. The Morgan fingerprint density at radius 1 is 1.32 bits per heavy atom. The first-order valence-corrected chi connectivity index (χ1v) is 7.01. The van der Waals surface area contributed by atoms with Crippen LogP contribution in [-0.4, -0.2) is 16.1 Å². The zero-order chi connectivity index (χ0) is 13.8.